The third kappa shape index (κ3) is 1.15. The summed E-state index contributed by atoms with van der Waals surface area (Å²) in [7, 11) is 0. The first kappa shape index (κ1) is 13.4. The number of hydrogen-bond acceptors (Lipinski definition) is 1. The fourth-order valence-electron chi connectivity index (χ4n) is 7.62. The third-order valence-corrected chi connectivity index (χ3v) is 8.43. The Labute approximate surface area is 136 Å². The number of halogens is 1. The Morgan fingerprint density at radius 2 is 1.91 bits per heavy atom. The monoisotopic (exact) mass is 315 g/mol. The minimum atomic E-state index is -0.252. The molecular formula is C19H22ClNO. The van der Waals surface area contributed by atoms with E-state index in [0.29, 0.717) is 5.92 Å². The lowest BCUT2D eigenvalue weighted by Gasteiger charge is -2.65. The molecule has 2 nitrogen and oxygen atoms in total. The van der Waals surface area contributed by atoms with Crippen LogP contribution in [0.5, 0.6) is 0 Å². The van der Waals surface area contributed by atoms with Crippen LogP contribution in [0.4, 0.5) is 0 Å². The minimum Gasteiger partial charge on any atom is -0.369 e. The van der Waals surface area contributed by atoms with Crippen LogP contribution in [0.15, 0.2) is 30.3 Å². The third-order valence-electron chi connectivity index (χ3n) is 7.87. The van der Waals surface area contributed by atoms with E-state index in [1.807, 2.05) is 0 Å². The van der Waals surface area contributed by atoms with Gasteiger partial charge in [-0.3, -0.25) is 4.79 Å². The molecule has 4 fully saturated rings. The van der Waals surface area contributed by atoms with Crippen molar-refractivity contribution in [1.29, 1.82) is 0 Å². The summed E-state index contributed by atoms with van der Waals surface area (Å²) in [6.45, 7) is 0. The number of carbonyl (C=O) groups is 1. The fourth-order valence-corrected chi connectivity index (χ4v) is 7.92. The SMILES string of the molecule is NC(=O)C12CC3CC4(CCl)CC(c5ccccc5)(C1)C2(C3)C4. The van der Waals surface area contributed by atoms with Gasteiger partial charge in [0.15, 0.2) is 0 Å². The van der Waals surface area contributed by atoms with Crippen LogP contribution in [0.2, 0.25) is 0 Å². The van der Waals surface area contributed by atoms with Crippen molar-refractivity contribution in [2.75, 3.05) is 5.88 Å². The molecule has 22 heavy (non-hydrogen) atoms. The minimum absolute atomic E-state index is 0.0474. The van der Waals surface area contributed by atoms with Gasteiger partial charge in [-0.05, 0) is 60.8 Å². The Bertz CT molecular complexity index is 675. The molecule has 4 aliphatic rings. The predicted octanol–water partition coefficient (Wildman–Crippen LogP) is 3.62. The Hall–Kier alpha value is -1.02. The molecular weight excluding hydrogens is 294 g/mol. The molecule has 5 rings (SSSR count). The molecule has 4 aliphatic carbocycles. The lowest BCUT2D eigenvalue weighted by molar-refractivity contribution is -0.165. The quantitative estimate of drug-likeness (QED) is 0.851. The van der Waals surface area contributed by atoms with E-state index in [9.17, 15) is 4.79 Å². The van der Waals surface area contributed by atoms with Crippen LogP contribution >= 0.6 is 11.6 Å². The van der Waals surface area contributed by atoms with Gasteiger partial charge in [0.1, 0.15) is 0 Å². The normalized spacial score (nSPS) is 50.7. The molecule has 0 aliphatic heterocycles. The molecule has 1 spiro atoms. The molecule has 1 aromatic rings. The zero-order valence-corrected chi connectivity index (χ0v) is 13.5. The molecule has 5 atom stereocenters. The van der Waals surface area contributed by atoms with Gasteiger partial charge in [0.05, 0.1) is 5.41 Å². The molecule has 0 aromatic heterocycles. The number of carbonyl (C=O) groups excluding carboxylic acids is 1. The van der Waals surface area contributed by atoms with Crippen molar-refractivity contribution in [2.24, 2.45) is 27.9 Å². The Morgan fingerprint density at radius 1 is 1.14 bits per heavy atom. The lowest BCUT2D eigenvalue weighted by Crippen LogP contribution is -2.67. The second-order valence-corrected chi connectivity index (χ2v) is 8.89. The van der Waals surface area contributed by atoms with Crippen LogP contribution in [0, 0.1) is 22.2 Å². The zero-order chi connectivity index (χ0) is 15.2. The first-order chi connectivity index (χ1) is 10.5. The summed E-state index contributed by atoms with van der Waals surface area (Å²) in [5.41, 5.74) is 7.58. The predicted molar refractivity (Wildman–Crippen MR) is 86.5 cm³/mol. The fraction of sp³-hybridized carbons (Fsp3) is 0.632. The number of hydrogen-bond donors (Lipinski definition) is 1. The molecule has 0 radical (unpaired) electrons. The first-order valence-corrected chi connectivity index (χ1v) is 8.97. The highest BCUT2D eigenvalue weighted by Crippen LogP contribution is 2.88. The molecule has 2 N–H and O–H groups in total. The number of amides is 1. The maximum absolute atomic E-state index is 12.4. The molecule has 116 valence electrons. The van der Waals surface area contributed by atoms with Gasteiger partial charge >= 0.3 is 0 Å². The van der Waals surface area contributed by atoms with Crippen LogP contribution in [-0.4, -0.2) is 11.8 Å². The van der Waals surface area contributed by atoms with E-state index in [1.54, 1.807) is 0 Å². The smallest absolute Gasteiger partial charge is 0.224 e. The largest absolute Gasteiger partial charge is 0.369 e. The average Bonchev–Trinajstić information content (AvgIpc) is 2.81. The first-order valence-electron chi connectivity index (χ1n) is 8.43. The van der Waals surface area contributed by atoms with Crippen LogP contribution in [0.1, 0.15) is 44.1 Å². The highest BCUT2D eigenvalue weighted by molar-refractivity contribution is 6.18. The number of alkyl halides is 1. The van der Waals surface area contributed by atoms with E-state index in [4.69, 9.17) is 17.3 Å². The average molecular weight is 316 g/mol. The van der Waals surface area contributed by atoms with E-state index in [0.717, 1.165) is 31.6 Å². The van der Waals surface area contributed by atoms with Gasteiger partial charge in [0.2, 0.25) is 5.91 Å². The number of benzene rings is 1. The van der Waals surface area contributed by atoms with Gasteiger partial charge in [0, 0.05) is 11.3 Å². The molecule has 4 saturated carbocycles. The van der Waals surface area contributed by atoms with Crippen LogP contribution in [0.25, 0.3) is 0 Å². The zero-order valence-electron chi connectivity index (χ0n) is 12.8. The summed E-state index contributed by atoms with van der Waals surface area (Å²) in [5.74, 6) is 1.33. The Balaban J connectivity index is 1.74. The van der Waals surface area contributed by atoms with Gasteiger partial charge in [-0.2, -0.15) is 0 Å². The second kappa shape index (κ2) is 3.72. The topological polar surface area (TPSA) is 43.1 Å². The van der Waals surface area contributed by atoms with Crippen molar-refractivity contribution in [1.82, 2.24) is 0 Å². The highest BCUT2D eigenvalue weighted by Gasteiger charge is 2.85. The summed E-state index contributed by atoms with van der Waals surface area (Å²) in [4.78, 5) is 12.4. The lowest BCUT2D eigenvalue weighted by atomic mass is 9.37. The molecule has 5 unspecified atom stereocenters. The van der Waals surface area contributed by atoms with Crippen LogP contribution in [0.3, 0.4) is 0 Å². The molecule has 0 saturated heterocycles. The van der Waals surface area contributed by atoms with Gasteiger partial charge in [-0.15, -0.1) is 11.6 Å². The number of primary amides is 1. The standard InChI is InChI=1S/C19H22ClNO/c20-12-16-6-13-7-17(15(21)22)11-18(9-16,19(17,8-13)10-16)14-4-2-1-3-5-14/h1-5,13H,6-12H2,(H2,21,22). The molecule has 1 amide bonds. The molecule has 1 aromatic carbocycles. The summed E-state index contributed by atoms with van der Waals surface area (Å²) < 4.78 is 0. The van der Waals surface area contributed by atoms with Gasteiger partial charge < -0.3 is 5.73 Å². The van der Waals surface area contributed by atoms with E-state index in [1.165, 1.54) is 18.4 Å². The van der Waals surface area contributed by atoms with Crippen LogP contribution in [-0.2, 0) is 10.2 Å². The summed E-state index contributed by atoms with van der Waals surface area (Å²) in [5, 5.41) is 0. The van der Waals surface area contributed by atoms with Crippen molar-refractivity contribution in [3.05, 3.63) is 35.9 Å². The number of nitrogens with two attached hydrogens (primary N) is 1. The van der Waals surface area contributed by atoms with Gasteiger partial charge in [0.25, 0.3) is 0 Å². The molecule has 3 bridgehead atoms. The maximum Gasteiger partial charge on any atom is 0.224 e. The van der Waals surface area contributed by atoms with E-state index >= 15 is 0 Å². The number of rotatable bonds is 3. The summed E-state index contributed by atoms with van der Waals surface area (Å²) in [6.07, 6.45) is 6.60. The van der Waals surface area contributed by atoms with Crippen molar-refractivity contribution >= 4 is 17.5 Å². The molecule has 0 heterocycles. The van der Waals surface area contributed by atoms with Crippen molar-refractivity contribution in [3.8, 4) is 0 Å². The van der Waals surface area contributed by atoms with Crippen LogP contribution < -0.4 is 5.73 Å². The van der Waals surface area contributed by atoms with Gasteiger partial charge in [-0.1, -0.05) is 30.3 Å². The Kier molecular flexibility index (Phi) is 2.27. The summed E-state index contributed by atoms with van der Waals surface area (Å²) in [6, 6.07) is 10.9. The van der Waals surface area contributed by atoms with E-state index in [-0.39, 0.29) is 27.6 Å². The molecule has 3 heteroatoms. The number of fused-ring (bicyclic) bond motifs is 2. The highest BCUT2D eigenvalue weighted by atomic mass is 35.5. The summed E-state index contributed by atoms with van der Waals surface area (Å²) >= 11 is 6.46. The van der Waals surface area contributed by atoms with Crippen molar-refractivity contribution in [2.45, 2.75) is 43.9 Å². The van der Waals surface area contributed by atoms with Crippen molar-refractivity contribution < 1.29 is 4.79 Å². The van der Waals surface area contributed by atoms with Crippen molar-refractivity contribution in [3.63, 3.8) is 0 Å². The second-order valence-electron chi connectivity index (χ2n) is 8.62. The Morgan fingerprint density at radius 3 is 2.59 bits per heavy atom. The van der Waals surface area contributed by atoms with Gasteiger partial charge in [-0.25, -0.2) is 0 Å². The van der Waals surface area contributed by atoms with E-state index in [2.05, 4.69) is 30.3 Å². The van der Waals surface area contributed by atoms with E-state index < -0.39 is 0 Å². The maximum atomic E-state index is 12.4.